The Kier molecular flexibility index (Phi) is 5.35. The van der Waals surface area contributed by atoms with Crippen molar-refractivity contribution in [1.29, 1.82) is 0 Å². The van der Waals surface area contributed by atoms with E-state index in [0.29, 0.717) is 5.56 Å². The SMILES string of the molecule is CCOC(=O)C(O)C1(C(=O)OCC)C=C(c2ccccc2)C(=O)O1. The Morgan fingerprint density at radius 1 is 1.17 bits per heavy atom. The molecular weight excluding hydrogens is 316 g/mol. The molecule has 0 radical (unpaired) electrons. The van der Waals surface area contributed by atoms with Gasteiger partial charge in [0.2, 0.25) is 6.10 Å². The second-order valence-electron chi connectivity index (χ2n) is 4.98. The summed E-state index contributed by atoms with van der Waals surface area (Å²) in [5, 5.41) is 10.3. The predicted molar refractivity (Wildman–Crippen MR) is 82.5 cm³/mol. The zero-order valence-corrected chi connectivity index (χ0v) is 13.4. The number of carbonyl (C=O) groups is 3. The molecule has 2 atom stereocenters. The number of hydrogen-bond acceptors (Lipinski definition) is 7. The van der Waals surface area contributed by atoms with Gasteiger partial charge in [-0.2, -0.15) is 0 Å². The van der Waals surface area contributed by atoms with E-state index in [1.165, 1.54) is 0 Å². The maximum atomic E-state index is 12.3. The zero-order chi connectivity index (χ0) is 17.7. The normalized spacial score (nSPS) is 20.8. The van der Waals surface area contributed by atoms with Crippen LogP contribution in [0.25, 0.3) is 5.57 Å². The van der Waals surface area contributed by atoms with Crippen molar-refractivity contribution < 1.29 is 33.7 Å². The summed E-state index contributed by atoms with van der Waals surface area (Å²) in [6.07, 6.45) is -0.911. The molecule has 0 spiro atoms. The highest BCUT2D eigenvalue weighted by molar-refractivity contribution is 6.21. The lowest BCUT2D eigenvalue weighted by Gasteiger charge is -2.27. The third-order valence-corrected chi connectivity index (χ3v) is 3.44. The van der Waals surface area contributed by atoms with Gasteiger partial charge < -0.3 is 19.3 Å². The Balaban J connectivity index is 2.48. The molecule has 0 bridgehead atoms. The van der Waals surface area contributed by atoms with E-state index in [4.69, 9.17) is 14.2 Å². The summed E-state index contributed by atoms with van der Waals surface area (Å²) in [6, 6.07) is 8.46. The third kappa shape index (κ3) is 3.16. The number of hydrogen-bond donors (Lipinski definition) is 1. The summed E-state index contributed by atoms with van der Waals surface area (Å²) >= 11 is 0. The van der Waals surface area contributed by atoms with Crippen LogP contribution in [0.3, 0.4) is 0 Å². The highest BCUT2D eigenvalue weighted by Crippen LogP contribution is 2.35. The maximum Gasteiger partial charge on any atom is 0.358 e. The van der Waals surface area contributed by atoms with Gasteiger partial charge in [-0.25, -0.2) is 14.4 Å². The Morgan fingerprint density at radius 3 is 2.38 bits per heavy atom. The lowest BCUT2D eigenvalue weighted by atomic mass is 9.94. The van der Waals surface area contributed by atoms with Crippen LogP contribution in [-0.4, -0.2) is 47.9 Å². The summed E-state index contributed by atoms with van der Waals surface area (Å²) in [4.78, 5) is 36.4. The predicted octanol–water partition coefficient (Wildman–Crippen LogP) is 0.853. The van der Waals surface area contributed by atoms with Crippen LogP contribution < -0.4 is 0 Å². The molecule has 0 saturated carbocycles. The summed E-state index contributed by atoms with van der Waals surface area (Å²) < 4.78 is 14.7. The monoisotopic (exact) mass is 334 g/mol. The number of rotatable bonds is 6. The van der Waals surface area contributed by atoms with Gasteiger partial charge in [0, 0.05) is 0 Å². The molecule has 0 aromatic heterocycles. The molecule has 2 rings (SSSR count). The summed E-state index contributed by atoms with van der Waals surface area (Å²) in [7, 11) is 0. The molecule has 0 aliphatic carbocycles. The number of ether oxygens (including phenoxy) is 3. The van der Waals surface area contributed by atoms with Gasteiger partial charge in [0.1, 0.15) is 0 Å². The Hall–Kier alpha value is -2.67. The van der Waals surface area contributed by atoms with Gasteiger partial charge in [-0.05, 0) is 25.5 Å². The first kappa shape index (κ1) is 17.7. The first-order valence-corrected chi connectivity index (χ1v) is 7.49. The van der Waals surface area contributed by atoms with E-state index < -0.39 is 29.6 Å². The van der Waals surface area contributed by atoms with Crippen LogP contribution in [0.1, 0.15) is 19.4 Å². The molecule has 1 heterocycles. The Morgan fingerprint density at radius 2 is 1.79 bits per heavy atom. The molecule has 1 N–H and O–H groups in total. The van der Waals surface area contributed by atoms with Crippen LogP contribution in [-0.2, 0) is 28.6 Å². The van der Waals surface area contributed by atoms with Gasteiger partial charge in [0.25, 0.3) is 5.60 Å². The largest absolute Gasteiger partial charge is 0.464 e. The topological polar surface area (TPSA) is 99.1 Å². The van der Waals surface area contributed by atoms with E-state index in [9.17, 15) is 19.5 Å². The summed E-state index contributed by atoms with van der Waals surface area (Å²) in [5.74, 6) is -2.95. The molecule has 128 valence electrons. The van der Waals surface area contributed by atoms with Crippen molar-refractivity contribution in [2.75, 3.05) is 13.2 Å². The molecule has 0 fully saturated rings. The molecule has 7 heteroatoms. The van der Waals surface area contributed by atoms with Crippen LogP contribution in [0.4, 0.5) is 0 Å². The van der Waals surface area contributed by atoms with Crippen LogP contribution in [0.5, 0.6) is 0 Å². The van der Waals surface area contributed by atoms with Crippen molar-refractivity contribution in [2.24, 2.45) is 0 Å². The second kappa shape index (κ2) is 7.27. The van der Waals surface area contributed by atoms with Gasteiger partial charge in [0.05, 0.1) is 18.8 Å². The van der Waals surface area contributed by atoms with E-state index in [1.54, 1.807) is 44.2 Å². The standard InChI is InChI=1S/C17H18O7/c1-3-22-15(20)13(18)17(16(21)23-4-2)10-12(14(19)24-17)11-8-6-5-7-9-11/h5-10,13,18H,3-4H2,1-2H3. The van der Waals surface area contributed by atoms with E-state index in [2.05, 4.69) is 0 Å². The van der Waals surface area contributed by atoms with Crippen molar-refractivity contribution in [2.45, 2.75) is 25.6 Å². The molecule has 1 aromatic carbocycles. The molecule has 7 nitrogen and oxygen atoms in total. The van der Waals surface area contributed by atoms with Crippen LogP contribution in [0, 0.1) is 0 Å². The van der Waals surface area contributed by atoms with Crippen molar-refractivity contribution >= 4 is 23.5 Å². The van der Waals surface area contributed by atoms with Gasteiger partial charge in [0.15, 0.2) is 0 Å². The quantitative estimate of drug-likeness (QED) is 0.608. The van der Waals surface area contributed by atoms with Gasteiger partial charge in [-0.1, -0.05) is 30.3 Å². The van der Waals surface area contributed by atoms with Crippen molar-refractivity contribution in [3.63, 3.8) is 0 Å². The van der Waals surface area contributed by atoms with Crippen LogP contribution in [0.2, 0.25) is 0 Å². The van der Waals surface area contributed by atoms with E-state index in [0.717, 1.165) is 6.08 Å². The molecule has 1 aliphatic heterocycles. The van der Waals surface area contributed by atoms with Gasteiger partial charge in [-0.15, -0.1) is 0 Å². The van der Waals surface area contributed by atoms with Gasteiger partial charge >= 0.3 is 17.9 Å². The second-order valence-corrected chi connectivity index (χ2v) is 4.98. The molecule has 2 unspecified atom stereocenters. The minimum Gasteiger partial charge on any atom is -0.464 e. The summed E-state index contributed by atoms with van der Waals surface area (Å²) in [5.41, 5.74) is -1.71. The molecule has 1 aliphatic rings. The van der Waals surface area contributed by atoms with Crippen molar-refractivity contribution in [3.05, 3.63) is 42.0 Å². The lowest BCUT2D eigenvalue weighted by Crippen LogP contribution is -2.54. The number of aliphatic hydroxyl groups is 1. The molecule has 1 aromatic rings. The number of esters is 3. The fourth-order valence-electron chi connectivity index (χ4n) is 2.32. The van der Waals surface area contributed by atoms with Crippen molar-refractivity contribution in [1.82, 2.24) is 0 Å². The Bertz CT molecular complexity index is 665. The number of benzene rings is 1. The average molecular weight is 334 g/mol. The van der Waals surface area contributed by atoms with Crippen LogP contribution in [0.15, 0.2) is 36.4 Å². The first-order chi connectivity index (χ1) is 11.5. The molecule has 24 heavy (non-hydrogen) atoms. The number of aliphatic hydroxyl groups excluding tert-OH is 1. The number of cyclic esters (lactones) is 1. The minimum absolute atomic E-state index is 0.00198. The Labute approximate surface area is 138 Å². The highest BCUT2D eigenvalue weighted by atomic mass is 16.6. The third-order valence-electron chi connectivity index (χ3n) is 3.44. The van der Waals surface area contributed by atoms with Gasteiger partial charge in [-0.3, -0.25) is 0 Å². The smallest absolute Gasteiger partial charge is 0.358 e. The molecule has 0 amide bonds. The van der Waals surface area contributed by atoms with Crippen LogP contribution >= 0.6 is 0 Å². The lowest BCUT2D eigenvalue weighted by molar-refractivity contribution is -0.190. The fraction of sp³-hybridized carbons (Fsp3) is 0.353. The average Bonchev–Trinajstić information content (AvgIpc) is 2.94. The molecule has 0 saturated heterocycles. The maximum absolute atomic E-state index is 12.3. The van der Waals surface area contributed by atoms with E-state index >= 15 is 0 Å². The van der Waals surface area contributed by atoms with E-state index in [1.807, 2.05) is 0 Å². The minimum atomic E-state index is -2.26. The zero-order valence-electron chi connectivity index (χ0n) is 13.4. The molecular formula is C17H18O7. The van der Waals surface area contributed by atoms with Crippen molar-refractivity contribution in [3.8, 4) is 0 Å². The highest BCUT2D eigenvalue weighted by Gasteiger charge is 2.57. The van der Waals surface area contributed by atoms with E-state index in [-0.39, 0.29) is 18.8 Å². The fourth-order valence-corrected chi connectivity index (χ4v) is 2.32. The summed E-state index contributed by atoms with van der Waals surface area (Å²) in [6.45, 7) is 3.09. The first-order valence-electron chi connectivity index (χ1n) is 7.49. The number of carbonyl (C=O) groups excluding carboxylic acids is 3.